The molecule has 0 amide bonds. The second-order valence-electron chi connectivity index (χ2n) is 3.70. The van der Waals surface area contributed by atoms with E-state index in [-0.39, 0.29) is 6.10 Å². The van der Waals surface area contributed by atoms with Crippen LogP contribution in [0.5, 0.6) is 0 Å². The fourth-order valence-corrected chi connectivity index (χ4v) is 2.23. The number of nitrogens with one attached hydrogen (secondary N) is 1. The Bertz CT molecular complexity index is 519. The maximum atomic E-state index is 5.51. The van der Waals surface area contributed by atoms with Crippen LogP contribution in [0.25, 0.3) is 0 Å². The van der Waals surface area contributed by atoms with Gasteiger partial charge < -0.3 is 10.1 Å². The highest BCUT2D eigenvalue weighted by Gasteiger charge is 2.17. The number of nitrogens with zero attached hydrogens (tertiary/aromatic N) is 2. The normalized spacial score (nSPS) is 12.2. The quantitative estimate of drug-likeness (QED) is 0.857. The lowest BCUT2D eigenvalue weighted by atomic mass is 10.1. The van der Waals surface area contributed by atoms with E-state index in [9.17, 15) is 0 Å². The van der Waals surface area contributed by atoms with Crippen LogP contribution in [-0.4, -0.2) is 24.1 Å². The molecule has 0 bridgehead atoms. The van der Waals surface area contributed by atoms with Crippen molar-refractivity contribution in [2.45, 2.75) is 6.10 Å². The molecule has 1 aromatic heterocycles. The standard InChI is InChI=1S/C13H14IN3O/c1-15-12-10(14)8-16-13(17-12)11(18-2)9-6-4-3-5-7-9/h3-8,11H,1-2H3,(H,15,16,17). The van der Waals surface area contributed by atoms with E-state index in [1.807, 2.05) is 37.4 Å². The molecule has 0 radical (unpaired) electrons. The number of hydrogen-bond donors (Lipinski definition) is 1. The number of rotatable bonds is 4. The van der Waals surface area contributed by atoms with Gasteiger partial charge in [-0.15, -0.1) is 0 Å². The number of benzene rings is 1. The molecule has 0 aliphatic heterocycles. The van der Waals surface area contributed by atoms with E-state index >= 15 is 0 Å². The first-order valence-corrected chi connectivity index (χ1v) is 6.62. The summed E-state index contributed by atoms with van der Waals surface area (Å²) in [7, 11) is 3.51. The molecule has 0 spiro atoms. The van der Waals surface area contributed by atoms with E-state index in [2.05, 4.69) is 37.9 Å². The van der Waals surface area contributed by atoms with Crippen molar-refractivity contribution in [3.63, 3.8) is 0 Å². The van der Waals surface area contributed by atoms with E-state index in [0.29, 0.717) is 5.82 Å². The van der Waals surface area contributed by atoms with Crippen LogP contribution < -0.4 is 5.32 Å². The van der Waals surface area contributed by atoms with Gasteiger partial charge >= 0.3 is 0 Å². The van der Waals surface area contributed by atoms with Crippen LogP contribution in [0.1, 0.15) is 17.5 Å². The zero-order valence-corrected chi connectivity index (χ0v) is 12.4. The molecule has 5 heteroatoms. The largest absolute Gasteiger partial charge is 0.372 e. The van der Waals surface area contributed by atoms with E-state index in [1.54, 1.807) is 13.3 Å². The van der Waals surface area contributed by atoms with Crippen molar-refractivity contribution in [1.82, 2.24) is 9.97 Å². The number of methoxy groups -OCH3 is 1. The highest BCUT2D eigenvalue weighted by atomic mass is 127. The predicted molar refractivity (Wildman–Crippen MR) is 79.6 cm³/mol. The van der Waals surface area contributed by atoms with Crippen LogP contribution in [0, 0.1) is 3.57 Å². The van der Waals surface area contributed by atoms with Crippen molar-refractivity contribution < 1.29 is 4.74 Å². The highest BCUT2D eigenvalue weighted by molar-refractivity contribution is 14.1. The van der Waals surface area contributed by atoms with Gasteiger partial charge in [-0.25, -0.2) is 9.97 Å². The third-order valence-electron chi connectivity index (χ3n) is 2.57. The maximum absolute atomic E-state index is 5.51. The minimum Gasteiger partial charge on any atom is -0.372 e. The number of ether oxygens (including phenoxy) is 1. The molecule has 2 aromatic rings. The lowest BCUT2D eigenvalue weighted by Gasteiger charge is -2.15. The fraction of sp³-hybridized carbons (Fsp3) is 0.231. The van der Waals surface area contributed by atoms with Crippen molar-refractivity contribution in [3.05, 3.63) is 51.5 Å². The summed E-state index contributed by atoms with van der Waals surface area (Å²) in [5.74, 6) is 1.48. The van der Waals surface area contributed by atoms with Crippen LogP contribution in [-0.2, 0) is 4.74 Å². The summed E-state index contributed by atoms with van der Waals surface area (Å²) in [6.45, 7) is 0. The Hall–Kier alpha value is -1.21. The monoisotopic (exact) mass is 355 g/mol. The molecule has 1 heterocycles. The smallest absolute Gasteiger partial charge is 0.164 e. The van der Waals surface area contributed by atoms with Crippen molar-refractivity contribution in [2.75, 3.05) is 19.5 Å². The van der Waals surface area contributed by atoms with Crippen molar-refractivity contribution in [3.8, 4) is 0 Å². The highest BCUT2D eigenvalue weighted by Crippen LogP contribution is 2.24. The molecule has 0 saturated heterocycles. The fourth-order valence-electron chi connectivity index (χ4n) is 1.70. The Kier molecular flexibility index (Phi) is 4.48. The zero-order valence-electron chi connectivity index (χ0n) is 10.2. The Balaban J connectivity index is 2.39. The van der Waals surface area contributed by atoms with Crippen molar-refractivity contribution >= 4 is 28.4 Å². The summed E-state index contributed by atoms with van der Waals surface area (Å²) in [4.78, 5) is 8.83. The van der Waals surface area contributed by atoms with Crippen LogP contribution in [0.4, 0.5) is 5.82 Å². The molecule has 4 nitrogen and oxygen atoms in total. The first-order valence-electron chi connectivity index (χ1n) is 5.54. The first kappa shape index (κ1) is 13.2. The average Bonchev–Trinajstić information content (AvgIpc) is 2.42. The predicted octanol–water partition coefficient (Wildman–Crippen LogP) is 2.86. The minimum absolute atomic E-state index is 0.240. The second kappa shape index (κ2) is 6.10. The lowest BCUT2D eigenvalue weighted by Crippen LogP contribution is -2.10. The van der Waals surface area contributed by atoms with Gasteiger partial charge in [0.1, 0.15) is 11.9 Å². The molecule has 2 rings (SSSR count). The molecule has 1 unspecified atom stereocenters. The molecular formula is C13H14IN3O. The molecule has 94 valence electrons. The first-order chi connectivity index (χ1) is 8.76. The average molecular weight is 355 g/mol. The SMILES string of the molecule is CNc1nc(C(OC)c2ccccc2)ncc1I. The van der Waals surface area contributed by atoms with E-state index < -0.39 is 0 Å². The van der Waals surface area contributed by atoms with Gasteiger partial charge in [0.05, 0.1) is 3.57 Å². The maximum Gasteiger partial charge on any atom is 0.164 e. The molecule has 0 aliphatic carbocycles. The Morgan fingerprint density at radius 2 is 2.00 bits per heavy atom. The Morgan fingerprint density at radius 3 is 2.61 bits per heavy atom. The van der Waals surface area contributed by atoms with Gasteiger partial charge in [0.2, 0.25) is 0 Å². The summed E-state index contributed by atoms with van der Waals surface area (Å²) in [6, 6.07) is 9.95. The van der Waals surface area contributed by atoms with E-state index in [0.717, 1.165) is 15.0 Å². The van der Waals surface area contributed by atoms with Crippen molar-refractivity contribution in [1.29, 1.82) is 0 Å². The van der Waals surface area contributed by atoms with Gasteiger partial charge in [-0.3, -0.25) is 0 Å². The minimum atomic E-state index is -0.240. The van der Waals surface area contributed by atoms with E-state index in [1.165, 1.54) is 0 Å². The summed E-state index contributed by atoms with van der Waals surface area (Å²) in [6.07, 6.45) is 1.55. The van der Waals surface area contributed by atoms with Crippen molar-refractivity contribution in [2.24, 2.45) is 0 Å². The summed E-state index contributed by atoms with van der Waals surface area (Å²) < 4.78 is 6.49. The zero-order chi connectivity index (χ0) is 13.0. The summed E-state index contributed by atoms with van der Waals surface area (Å²) in [5.41, 5.74) is 1.04. The van der Waals surface area contributed by atoms with Crippen LogP contribution in [0.15, 0.2) is 36.5 Å². The van der Waals surface area contributed by atoms with Gasteiger partial charge in [0.25, 0.3) is 0 Å². The van der Waals surface area contributed by atoms with Crippen LogP contribution in [0.3, 0.4) is 0 Å². The molecule has 0 saturated carbocycles. The molecule has 0 aliphatic rings. The molecule has 0 fully saturated rings. The van der Waals surface area contributed by atoms with Gasteiger partial charge in [-0.05, 0) is 28.2 Å². The van der Waals surface area contributed by atoms with Gasteiger partial charge in [-0.1, -0.05) is 30.3 Å². The molecular weight excluding hydrogens is 341 g/mol. The topological polar surface area (TPSA) is 47.0 Å². The molecule has 18 heavy (non-hydrogen) atoms. The lowest BCUT2D eigenvalue weighted by molar-refractivity contribution is 0.129. The van der Waals surface area contributed by atoms with Gasteiger partial charge in [-0.2, -0.15) is 0 Å². The number of anilines is 1. The third-order valence-corrected chi connectivity index (χ3v) is 3.36. The van der Waals surface area contributed by atoms with Crippen LogP contribution in [0.2, 0.25) is 0 Å². The summed E-state index contributed by atoms with van der Waals surface area (Å²) >= 11 is 2.20. The van der Waals surface area contributed by atoms with Gasteiger partial charge in [0, 0.05) is 20.4 Å². The molecule has 1 atom stereocenters. The number of hydrogen-bond acceptors (Lipinski definition) is 4. The number of halogens is 1. The molecule has 1 aromatic carbocycles. The summed E-state index contributed by atoms with van der Waals surface area (Å²) in [5, 5.41) is 3.05. The Labute approximate surface area is 120 Å². The molecule has 1 N–H and O–H groups in total. The van der Waals surface area contributed by atoms with E-state index in [4.69, 9.17) is 4.74 Å². The Morgan fingerprint density at radius 1 is 1.28 bits per heavy atom. The van der Waals surface area contributed by atoms with Gasteiger partial charge in [0.15, 0.2) is 5.82 Å². The third kappa shape index (κ3) is 2.78. The second-order valence-corrected chi connectivity index (χ2v) is 4.86. The number of aromatic nitrogens is 2. The van der Waals surface area contributed by atoms with Crippen LogP contribution >= 0.6 is 22.6 Å².